The van der Waals surface area contributed by atoms with Crippen molar-refractivity contribution >= 4 is 11.9 Å². The maximum absolute atomic E-state index is 12.1. The summed E-state index contributed by atoms with van der Waals surface area (Å²) in [5, 5.41) is 0. The van der Waals surface area contributed by atoms with E-state index < -0.39 is 23.5 Å². The summed E-state index contributed by atoms with van der Waals surface area (Å²) in [4.78, 5) is 31.8. The molecule has 0 aliphatic carbocycles. The quantitative estimate of drug-likeness (QED) is 0.607. The van der Waals surface area contributed by atoms with Gasteiger partial charge in [-0.15, -0.1) is 0 Å². The lowest BCUT2D eigenvalue weighted by Crippen LogP contribution is -2.33. The normalized spacial score (nSPS) is 12.7. The first kappa shape index (κ1) is 15.1. The number of methoxy groups -OCH3 is 1. The van der Waals surface area contributed by atoms with E-state index in [9.17, 15) is 9.59 Å². The number of hydrogen-bond donors (Lipinski definition) is 0. The van der Waals surface area contributed by atoms with Crippen LogP contribution in [0.15, 0.2) is 12.3 Å². The minimum atomic E-state index is -1.26. The molecular formula is C13H18N2O4. The van der Waals surface area contributed by atoms with Crippen LogP contribution in [0.25, 0.3) is 0 Å². The molecule has 1 aromatic heterocycles. The van der Waals surface area contributed by atoms with Gasteiger partial charge in [-0.25, -0.2) is 9.97 Å². The van der Waals surface area contributed by atoms with Crippen molar-refractivity contribution in [2.24, 2.45) is 0 Å². The van der Waals surface area contributed by atoms with E-state index >= 15 is 0 Å². The van der Waals surface area contributed by atoms with Crippen molar-refractivity contribution in [3.05, 3.63) is 23.8 Å². The second kappa shape index (κ2) is 5.77. The molecule has 1 aromatic rings. The van der Waals surface area contributed by atoms with Crippen molar-refractivity contribution in [1.29, 1.82) is 0 Å². The molecule has 0 saturated carbocycles. The molecule has 0 saturated heterocycles. The highest BCUT2D eigenvalue weighted by atomic mass is 16.6. The van der Waals surface area contributed by atoms with E-state index in [0.29, 0.717) is 5.69 Å². The Labute approximate surface area is 112 Å². The summed E-state index contributed by atoms with van der Waals surface area (Å²) >= 11 is 0. The maximum atomic E-state index is 12.1. The first-order valence-corrected chi connectivity index (χ1v) is 5.85. The molecule has 6 heteroatoms. The van der Waals surface area contributed by atoms with Crippen molar-refractivity contribution in [1.82, 2.24) is 9.97 Å². The highest BCUT2D eigenvalue weighted by molar-refractivity contribution is 6.00. The van der Waals surface area contributed by atoms with Crippen LogP contribution in [-0.2, 0) is 19.1 Å². The number of carbonyl (C=O) groups is 2. The van der Waals surface area contributed by atoms with Gasteiger partial charge in [-0.3, -0.25) is 9.59 Å². The Hall–Kier alpha value is -1.98. The van der Waals surface area contributed by atoms with E-state index in [1.54, 1.807) is 33.8 Å². The van der Waals surface area contributed by atoms with Gasteiger partial charge in [-0.05, 0) is 33.8 Å². The number of hydrogen-bond acceptors (Lipinski definition) is 6. The molecule has 104 valence electrons. The molecule has 0 radical (unpaired) electrons. The van der Waals surface area contributed by atoms with Crippen LogP contribution >= 0.6 is 0 Å². The Morgan fingerprint density at radius 3 is 2.37 bits per heavy atom. The fraction of sp³-hybridized carbons (Fsp3) is 0.538. The van der Waals surface area contributed by atoms with Crippen LogP contribution in [0.4, 0.5) is 0 Å². The molecule has 0 spiro atoms. The summed E-state index contributed by atoms with van der Waals surface area (Å²) in [6.45, 7) is 6.90. The first-order valence-electron chi connectivity index (χ1n) is 5.85. The lowest BCUT2D eigenvalue weighted by Gasteiger charge is -2.22. The molecule has 0 amide bonds. The third-order valence-corrected chi connectivity index (χ3v) is 2.15. The zero-order valence-electron chi connectivity index (χ0n) is 11.8. The number of aryl methyl sites for hydroxylation is 1. The molecule has 6 nitrogen and oxygen atoms in total. The fourth-order valence-corrected chi connectivity index (χ4v) is 1.39. The van der Waals surface area contributed by atoms with Crippen LogP contribution in [0.5, 0.6) is 0 Å². The molecule has 1 unspecified atom stereocenters. The highest BCUT2D eigenvalue weighted by Crippen LogP contribution is 2.19. The molecule has 0 aliphatic heterocycles. The Balaban J connectivity index is 3.09. The van der Waals surface area contributed by atoms with Gasteiger partial charge in [-0.1, -0.05) is 0 Å². The molecule has 19 heavy (non-hydrogen) atoms. The summed E-state index contributed by atoms with van der Waals surface area (Å²) in [6, 6.07) is 1.67. The van der Waals surface area contributed by atoms with Gasteiger partial charge < -0.3 is 9.47 Å². The van der Waals surface area contributed by atoms with E-state index in [1.165, 1.54) is 13.3 Å². The third-order valence-electron chi connectivity index (χ3n) is 2.15. The molecule has 1 atom stereocenters. The zero-order chi connectivity index (χ0) is 14.6. The molecule has 0 N–H and O–H groups in total. The van der Waals surface area contributed by atoms with Crippen LogP contribution in [0.1, 0.15) is 38.2 Å². The first-order chi connectivity index (χ1) is 8.74. The molecule has 1 heterocycles. The SMILES string of the molecule is COC(=O)C(C(=O)OC(C)(C)C)c1nccc(C)n1. The number of nitrogens with zero attached hydrogens (tertiary/aromatic N) is 2. The van der Waals surface area contributed by atoms with Crippen molar-refractivity contribution < 1.29 is 19.1 Å². The Bertz CT molecular complexity index is 480. The largest absolute Gasteiger partial charge is 0.468 e. The zero-order valence-corrected chi connectivity index (χ0v) is 11.8. The van der Waals surface area contributed by atoms with Crippen molar-refractivity contribution in [2.75, 3.05) is 7.11 Å². The summed E-state index contributed by atoms with van der Waals surface area (Å²) in [5.41, 5.74) is -0.0462. The van der Waals surface area contributed by atoms with Crippen LogP contribution in [0, 0.1) is 6.92 Å². The maximum Gasteiger partial charge on any atom is 0.328 e. The fourth-order valence-electron chi connectivity index (χ4n) is 1.39. The van der Waals surface area contributed by atoms with Crippen molar-refractivity contribution in [3.8, 4) is 0 Å². The predicted octanol–water partition coefficient (Wildman–Crippen LogP) is 1.38. The third kappa shape index (κ3) is 4.31. The Morgan fingerprint density at radius 1 is 1.26 bits per heavy atom. The lowest BCUT2D eigenvalue weighted by atomic mass is 10.1. The number of carbonyl (C=O) groups excluding carboxylic acids is 2. The highest BCUT2D eigenvalue weighted by Gasteiger charge is 2.36. The average Bonchev–Trinajstić information content (AvgIpc) is 2.26. The Kier molecular flexibility index (Phi) is 4.58. The van der Waals surface area contributed by atoms with Gasteiger partial charge in [0.1, 0.15) is 5.60 Å². The summed E-state index contributed by atoms with van der Waals surface area (Å²) < 4.78 is 9.82. The summed E-state index contributed by atoms with van der Waals surface area (Å²) in [7, 11) is 1.20. The van der Waals surface area contributed by atoms with Crippen LogP contribution in [-0.4, -0.2) is 34.6 Å². The van der Waals surface area contributed by atoms with Crippen LogP contribution in [0.3, 0.4) is 0 Å². The summed E-state index contributed by atoms with van der Waals surface area (Å²) in [6.07, 6.45) is 1.48. The smallest absolute Gasteiger partial charge is 0.328 e. The van der Waals surface area contributed by atoms with Gasteiger partial charge in [0.05, 0.1) is 7.11 Å². The number of aromatic nitrogens is 2. The van der Waals surface area contributed by atoms with E-state index in [1.807, 2.05) is 0 Å². The molecule has 0 aromatic carbocycles. The predicted molar refractivity (Wildman–Crippen MR) is 67.4 cm³/mol. The minimum absolute atomic E-state index is 0.0844. The lowest BCUT2D eigenvalue weighted by molar-refractivity contribution is -0.163. The van der Waals surface area contributed by atoms with Gasteiger partial charge in [0.2, 0.25) is 5.92 Å². The standard InChI is InChI=1S/C13H18N2O4/c1-8-6-7-14-10(15-8)9(11(16)18-5)12(17)19-13(2,3)4/h6-7,9H,1-5H3. The topological polar surface area (TPSA) is 78.4 Å². The second-order valence-electron chi connectivity index (χ2n) is 5.05. The van der Waals surface area contributed by atoms with Crippen molar-refractivity contribution in [2.45, 2.75) is 39.2 Å². The monoisotopic (exact) mass is 266 g/mol. The van der Waals surface area contributed by atoms with Gasteiger partial charge in [-0.2, -0.15) is 0 Å². The van der Waals surface area contributed by atoms with Crippen molar-refractivity contribution in [3.63, 3.8) is 0 Å². The minimum Gasteiger partial charge on any atom is -0.468 e. The Morgan fingerprint density at radius 2 is 1.89 bits per heavy atom. The molecule has 1 rings (SSSR count). The molecule has 0 bridgehead atoms. The van der Waals surface area contributed by atoms with Crippen LogP contribution < -0.4 is 0 Å². The van der Waals surface area contributed by atoms with E-state index in [4.69, 9.17) is 4.74 Å². The number of esters is 2. The van der Waals surface area contributed by atoms with Gasteiger partial charge in [0.25, 0.3) is 0 Å². The van der Waals surface area contributed by atoms with E-state index in [-0.39, 0.29) is 5.82 Å². The number of rotatable bonds is 3. The second-order valence-corrected chi connectivity index (χ2v) is 5.05. The molecular weight excluding hydrogens is 248 g/mol. The van der Waals surface area contributed by atoms with Gasteiger partial charge in [0.15, 0.2) is 5.82 Å². The van der Waals surface area contributed by atoms with Gasteiger partial charge in [0, 0.05) is 11.9 Å². The number of ether oxygens (including phenoxy) is 2. The molecule has 0 fully saturated rings. The average molecular weight is 266 g/mol. The van der Waals surface area contributed by atoms with Gasteiger partial charge >= 0.3 is 11.9 Å². The van der Waals surface area contributed by atoms with E-state index in [2.05, 4.69) is 14.7 Å². The van der Waals surface area contributed by atoms with E-state index in [0.717, 1.165) is 0 Å². The summed E-state index contributed by atoms with van der Waals surface area (Å²) in [5.74, 6) is -2.63. The molecule has 0 aliphatic rings. The van der Waals surface area contributed by atoms with Crippen LogP contribution in [0.2, 0.25) is 0 Å².